The first kappa shape index (κ1) is 17.2. The van der Waals surface area contributed by atoms with Crippen molar-refractivity contribution >= 4 is 5.78 Å². The van der Waals surface area contributed by atoms with E-state index >= 15 is 0 Å². The molecule has 0 aliphatic carbocycles. The first-order valence-electron chi connectivity index (χ1n) is 7.73. The summed E-state index contributed by atoms with van der Waals surface area (Å²) in [6, 6.07) is 9.44. The maximum atomic E-state index is 12.1. The van der Waals surface area contributed by atoms with Gasteiger partial charge in [0.05, 0.1) is 12.7 Å². The highest BCUT2D eigenvalue weighted by molar-refractivity contribution is 5.88. The van der Waals surface area contributed by atoms with E-state index in [1.54, 1.807) is 0 Å². The third kappa shape index (κ3) is 5.99. The van der Waals surface area contributed by atoms with E-state index in [0.717, 1.165) is 30.6 Å². The van der Waals surface area contributed by atoms with Crippen LogP contribution in [0.15, 0.2) is 24.3 Å². The van der Waals surface area contributed by atoms with Crippen molar-refractivity contribution in [3.63, 3.8) is 0 Å². The first-order valence-corrected chi connectivity index (χ1v) is 7.73. The smallest absolute Gasteiger partial charge is 0.154 e. The average molecular weight is 287 g/mol. The van der Waals surface area contributed by atoms with Gasteiger partial charge in [-0.25, -0.2) is 0 Å². The summed E-state index contributed by atoms with van der Waals surface area (Å²) in [6.45, 7) is 6.95. The van der Waals surface area contributed by atoms with Crippen LogP contribution in [-0.4, -0.2) is 12.4 Å². The standard InChI is InChI=1S/C18H25NO2/c1-4-5-6-7-18(20)17(12-19)15-8-10-16(11-9-15)21-13-14(2)3/h8-11,14,17H,4-7,13H2,1-3H3. The van der Waals surface area contributed by atoms with Crippen molar-refractivity contribution in [3.05, 3.63) is 29.8 Å². The molecule has 0 N–H and O–H groups in total. The van der Waals surface area contributed by atoms with Crippen LogP contribution in [0, 0.1) is 17.2 Å². The van der Waals surface area contributed by atoms with Crippen LogP contribution in [0.4, 0.5) is 0 Å². The fraction of sp³-hybridized carbons (Fsp3) is 0.556. The second-order valence-electron chi connectivity index (χ2n) is 5.76. The van der Waals surface area contributed by atoms with Crippen LogP contribution in [0.5, 0.6) is 5.75 Å². The number of hydrogen-bond donors (Lipinski definition) is 0. The zero-order valence-corrected chi connectivity index (χ0v) is 13.3. The van der Waals surface area contributed by atoms with E-state index in [1.165, 1.54) is 0 Å². The van der Waals surface area contributed by atoms with Crippen molar-refractivity contribution < 1.29 is 9.53 Å². The Morgan fingerprint density at radius 1 is 1.24 bits per heavy atom. The zero-order chi connectivity index (χ0) is 15.7. The predicted molar refractivity (Wildman–Crippen MR) is 84.3 cm³/mol. The number of nitriles is 1. The molecule has 3 nitrogen and oxygen atoms in total. The second-order valence-corrected chi connectivity index (χ2v) is 5.76. The van der Waals surface area contributed by atoms with Crippen molar-refractivity contribution in [3.8, 4) is 11.8 Å². The Morgan fingerprint density at radius 3 is 2.43 bits per heavy atom. The van der Waals surface area contributed by atoms with Crippen molar-refractivity contribution in [2.75, 3.05) is 6.61 Å². The predicted octanol–water partition coefficient (Wildman–Crippen LogP) is 4.48. The topological polar surface area (TPSA) is 50.1 Å². The minimum atomic E-state index is -0.652. The Hall–Kier alpha value is -1.82. The average Bonchev–Trinajstić information content (AvgIpc) is 2.47. The van der Waals surface area contributed by atoms with Crippen LogP contribution in [-0.2, 0) is 4.79 Å². The van der Waals surface area contributed by atoms with Crippen molar-refractivity contribution in [2.45, 2.75) is 52.4 Å². The number of hydrogen-bond acceptors (Lipinski definition) is 3. The highest BCUT2D eigenvalue weighted by atomic mass is 16.5. The van der Waals surface area contributed by atoms with Crippen LogP contribution in [0.2, 0.25) is 0 Å². The molecule has 0 aromatic heterocycles. The fourth-order valence-electron chi connectivity index (χ4n) is 2.05. The Morgan fingerprint density at radius 2 is 1.90 bits per heavy atom. The van der Waals surface area contributed by atoms with Crippen LogP contribution >= 0.6 is 0 Å². The molecular weight excluding hydrogens is 262 g/mol. The van der Waals surface area contributed by atoms with Gasteiger partial charge in [-0.1, -0.05) is 45.7 Å². The molecule has 0 saturated carbocycles. The summed E-state index contributed by atoms with van der Waals surface area (Å²) in [5, 5.41) is 9.25. The maximum Gasteiger partial charge on any atom is 0.154 e. The van der Waals surface area contributed by atoms with E-state index in [1.807, 2.05) is 24.3 Å². The summed E-state index contributed by atoms with van der Waals surface area (Å²) in [4.78, 5) is 12.1. The number of Topliss-reactive ketones (excluding diaryl/α,β-unsaturated/α-hetero) is 1. The molecular formula is C18H25NO2. The first-order chi connectivity index (χ1) is 10.1. The zero-order valence-electron chi connectivity index (χ0n) is 13.3. The maximum absolute atomic E-state index is 12.1. The number of ketones is 1. The molecule has 0 heterocycles. The molecule has 1 unspecified atom stereocenters. The molecule has 3 heteroatoms. The van der Waals surface area contributed by atoms with Crippen molar-refractivity contribution in [1.82, 2.24) is 0 Å². The molecule has 0 saturated heterocycles. The number of carbonyl (C=O) groups excluding carboxylic acids is 1. The molecule has 1 aromatic rings. The molecule has 0 fully saturated rings. The Balaban J connectivity index is 2.65. The van der Waals surface area contributed by atoms with E-state index in [-0.39, 0.29) is 5.78 Å². The molecule has 114 valence electrons. The summed E-state index contributed by atoms with van der Waals surface area (Å²) in [5.74, 6) is 0.613. The van der Waals surface area contributed by atoms with Gasteiger partial charge in [-0.2, -0.15) is 5.26 Å². The van der Waals surface area contributed by atoms with E-state index in [9.17, 15) is 10.1 Å². The van der Waals surface area contributed by atoms with Gasteiger partial charge in [0.2, 0.25) is 0 Å². The molecule has 0 aliphatic rings. The van der Waals surface area contributed by atoms with Crippen LogP contribution in [0.1, 0.15) is 57.9 Å². The Labute approximate surface area is 127 Å². The SMILES string of the molecule is CCCCCC(=O)C(C#N)c1ccc(OCC(C)C)cc1. The lowest BCUT2D eigenvalue weighted by Crippen LogP contribution is -2.11. The quantitative estimate of drug-likeness (QED) is 0.629. The van der Waals surface area contributed by atoms with Crippen LogP contribution in [0.25, 0.3) is 0 Å². The number of carbonyl (C=O) groups is 1. The van der Waals surface area contributed by atoms with Gasteiger partial charge < -0.3 is 4.74 Å². The summed E-state index contributed by atoms with van der Waals surface area (Å²) in [7, 11) is 0. The Kier molecular flexibility index (Phi) is 7.53. The van der Waals surface area contributed by atoms with Gasteiger partial charge in [-0.3, -0.25) is 4.79 Å². The number of rotatable bonds is 9. The minimum absolute atomic E-state index is 0.0156. The van der Waals surface area contributed by atoms with E-state index in [4.69, 9.17) is 4.74 Å². The lowest BCUT2D eigenvalue weighted by atomic mass is 9.93. The van der Waals surface area contributed by atoms with Gasteiger partial charge in [0.25, 0.3) is 0 Å². The fourth-order valence-corrected chi connectivity index (χ4v) is 2.05. The van der Waals surface area contributed by atoms with Gasteiger partial charge in [-0.05, 0) is 30.0 Å². The minimum Gasteiger partial charge on any atom is -0.493 e. The van der Waals surface area contributed by atoms with Crippen LogP contribution < -0.4 is 4.74 Å². The number of unbranched alkanes of at least 4 members (excludes halogenated alkanes) is 2. The normalized spacial score (nSPS) is 12.0. The van der Waals surface area contributed by atoms with Gasteiger partial charge in [0, 0.05) is 6.42 Å². The number of benzene rings is 1. The molecule has 21 heavy (non-hydrogen) atoms. The number of nitrogens with zero attached hydrogens (tertiary/aromatic N) is 1. The van der Waals surface area contributed by atoms with Gasteiger partial charge >= 0.3 is 0 Å². The van der Waals surface area contributed by atoms with E-state index in [0.29, 0.717) is 18.9 Å². The van der Waals surface area contributed by atoms with Gasteiger partial charge in [-0.15, -0.1) is 0 Å². The molecule has 0 bridgehead atoms. The lowest BCUT2D eigenvalue weighted by molar-refractivity contribution is -0.119. The third-order valence-corrected chi connectivity index (χ3v) is 3.27. The molecule has 1 aromatic carbocycles. The highest BCUT2D eigenvalue weighted by Crippen LogP contribution is 2.22. The summed E-state index contributed by atoms with van der Waals surface area (Å²) in [6.07, 6.45) is 3.46. The molecule has 0 amide bonds. The number of ether oxygens (including phenoxy) is 1. The van der Waals surface area contributed by atoms with Gasteiger partial charge in [0.15, 0.2) is 5.78 Å². The molecule has 0 radical (unpaired) electrons. The van der Waals surface area contributed by atoms with Crippen molar-refractivity contribution in [1.29, 1.82) is 5.26 Å². The van der Waals surface area contributed by atoms with Crippen molar-refractivity contribution in [2.24, 2.45) is 5.92 Å². The third-order valence-electron chi connectivity index (χ3n) is 3.27. The Bertz CT molecular complexity index is 471. The lowest BCUT2D eigenvalue weighted by Gasteiger charge is -2.11. The molecule has 1 rings (SSSR count). The van der Waals surface area contributed by atoms with Gasteiger partial charge in [0.1, 0.15) is 11.7 Å². The van der Waals surface area contributed by atoms with E-state index in [2.05, 4.69) is 26.8 Å². The van der Waals surface area contributed by atoms with Crippen LogP contribution in [0.3, 0.4) is 0 Å². The van der Waals surface area contributed by atoms with E-state index < -0.39 is 5.92 Å². The summed E-state index contributed by atoms with van der Waals surface area (Å²) < 4.78 is 5.61. The highest BCUT2D eigenvalue weighted by Gasteiger charge is 2.19. The summed E-state index contributed by atoms with van der Waals surface area (Å²) in [5.41, 5.74) is 0.760. The molecule has 0 spiro atoms. The second kappa shape index (κ2) is 9.18. The summed E-state index contributed by atoms with van der Waals surface area (Å²) >= 11 is 0. The molecule has 1 atom stereocenters. The molecule has 0 aliphatic heterocycles. The monoisotopic (exact) mass is 287 g/mol. The largest absolute Gasteiger partial charge is 0.493 e.